The zero-order valence-electron chi connectivity index (χ0n) is 49.8. The van der Waals surface area contributed by atoms with Crippen molar-refractivity contribution >= 4 is 5.91 Å². The Bertz CT molecular complexity index is 2000. The summed E-state index contributed by atoms with van der Waals surface area (Å²) in [7, 11) is 0. The molecule has 3 saturated heterocycles. The molecule has 0 bridgehead atoms. The van der Waals surface area contributed by atoms with Gasteiger partial charge in [-0.2, -0.15) is 0 Å². The molecule has 478 valence electrons. The van der Waals surface area contributed by atoms with Gasteiger partial charge in [0.15, 0.2) is 18.9 Å². The monoisotopic (exact) mass is 1190 g/mol. The second kappa shape index (κ2) is 46.4. The summed E-state index contributed by atoms with van der Waals surface area (Å²) >= 11 is 0. The number of ether oxygens (including phenoxy) is 6. The molecule has 0 radical (unpaired) electrons. The first-order chi connectivity index (χ1) is 40.8. The van der Waals surface area contributed by atoms with Gasteiger partial charge in [-0.05, 0) is 83.5 Å². The van der Waals surface area contributed by atoms with Crippen LogP contribution in [0.25, 0.3) is 0 Å². The number of hydrogen-bond acceptors (Lipinski definition) is 18. The molecule has 0 aliphatic carbocycles. The zero-order valence-corrected chi connectivity index (χ0v) is 49.8. The van der Waals surface area contributed by atoms with Crippen LogP contribution in [0.4, 0.5) is 0 Å². The third-order valence-corrected chi connectivity index (χ3v) is 14.5. The van der Waals surface area contributed by atoms with E-state index in [1.807, 2.05) is 6.92 Å². The predicted octanol–water partition coefficient (Wildman–Crippen LogP) is 6.09. The van der Waals surface area contributed by atoms with E-state index in [-0.39, 0.29) is 18.9 Å². The van der Waals surface area contributed by atoms with Crippen molar-refractivity contribution in [1.82, 2.24) is 5.32 Å². The molecule has 12 N–H and O–H groups in total. The Labute approximate surface area is 499 Å². The summed E-state index contributed by atoms with van der Waals surface area (Å²) in [6.07, 6.45) is 35.8. The van der Waals surface area contributed by atoms with E-state index in [1.54, 1.807) is 12.2 Å². The lowest BCUT2D eigenvalue weighted by Crippen LogP contribution is -2.66. The summed E-state index contributed by atoms with van der Waals surface area (Å²) in [6, 6.07) is -0.983. The average Bonchev–Trinajstić information content (AvgIpc) is 3.52. The quantitative estimate of drug-likeness (QED) is 0.0243. The minimum absolute atomic E-state index is 0.219. The first-order valence-corrected chi connectivity index (χ1v) is 30.8. The molecular weight excluding hydrogens is 1080 g/mol. The summed E-state index contributed by atoms with van der Waals surface area (Å²) in [4.78, 5) is 13.2. The van der Waals surface area contributed by atoms with E-state index in [4.69, 9.17) is 28.4 Å². The van der Waals surface area contributed by atoms with E-state index in [0.29, 0.717) is 12.8 Å². The number of allylic oxidation sites excluding steroid dienone is 19. The summed E-state index contributed by atoms with van der Waals surface area (Å²) in [5.74, 6) is -0.304. The SMILES string of the molecule is CC/C=C\C/C=C\C/C=C\C/C=C\C/C=C\C/C=C\C/C=C\C/C=C\C/C=C\CCCCCCCCCC(=O)NC(COC1OC(CO)C(OC2OC(CO)C(OC3OC(CO)C(O)C(O)C3O)C(O)C2O)C(O)C1O)C(O)/C=C/CCCC. The molecule has 0 aromatic rings. The Balaban J connectivity index is 1.30. The Hall–Kier alpha value is -3.81. The highest BCUT2D eigenvalue weighted by Crippen LogP contribution is 2.33. The van der Waals surface area contributed by atoms with E-state index in [1.165, 1.54) is 0 Å². The topological polar surface area (TPSA) is 307 Å². The predicted molar refractivity (Wildman–Crippen MR) is 323 cm³/mol. The second-order valence-corrected chi connectivity index (χ2v) is 21.4. The van der Waals surface area contributed by atoms with Crippen LogP contribution in [-0.2, 0) is 33.2 Å². The summed E-state index contributed by atoms with van der Waals surface area (Å²) in [5, 5.41) is 119. The Morgan fingerprint density at radius 3 is 1.27 bits per heavy atom. The van der Waals surface area contributed by atoms with Gasteiger partial charge in [-0.3, -0.25) is 4.79 Å². The van der Waals surface area contributed by atoms with Crippen LogP contribution in [0, 0.1) is 0 Å². The van der Waals surface area contributed by atoms with Gasteiger partial charge in [0.1, 0.15) is 73.2 Å². The first-order valence-electron chi connectivity index (χ1n) is 30.8. The average molecular weight is 1190 g/mol. The molecule has 84 heavy (non-hydrogen) atoms. The van der Waals surface area contributed by atoms with E-state index >= 15 is 0 Å². The van der Waals surface area contributed by atoms with Crippen molar-refractivity contribution in [3.05, 3.63) is 122 Å². The van der Waals surface area contributed by atoms with Crippen molar-refractivity contribution in [1.29, 1.82) is 0 Å². The highest BCUT2D eigenvalue weighted by atomic mass is 16.8. The third kappa shape index (κ3) is 29.3. The van der Waals surface area contributed by atoms with Gasteiger partial charge in [-0.15, -0.1) is 0 Å². The second-order valence-electron chi connectivity index (χ2n) is 21.4. The molecule has 17 atom stereocenters. The fourth-order valence-corrected chi connectivity index (χ4v) is 9.46. The van der Waals surface area contributed by atoms with Gasteiger partial charge < -0.3 is 89.9 Å². The van der Waals surface area contributed by atoms with E-state index in [9.17, 15) is 61.0 Å². The van der Waals surface area contributed by atoms with Crippen LogP contribution in [-0.4, -0.2) is 193 Å². The fourth-order valence-electron chi connectivity index (χ4n) is 9.46. The fraction of sp³-hybridized carbons (Fsp3) is 0.677. The zero-order chi connectivity index (χ0) is 61.2. The van der Waals surface area contributed by atoms with Crippen molar-refractivity contribution in [3.63, 3.8) is 0 Å². The number of carbonyl (C=O) groups excluding carboxylic acids is 1. The number of aliphatic hydroxyl groups is 11. The van der Waals surface area contributed by atoms with Crippen LogP contribution in [0.3, 0.4) is 0 Å². The third-order valence-electron chi connectivity index (χ3n) is 14.5. The first kappa shape index (κ1) is 74.4. The molecule has 0 aromatic heterocycles. The Morgan fingerprint density at radius 1 is 0.440 bits per heavy atom. The highest BCUT2D eigenvalue weighted by Gasteiger charge is 2.53. The number of hydrogen-bond donors (Lipinski definition) is 12. The molecule has 19 heteroatoms. The van der Waals surface area contributed by atoms with Gasteiger partial charge >= 0.3 is 0 Å². The van der Waals surface area contributed by atoms with Crippen LogP contribution in [0.1, 0.15) is 149 Å². The molecule has 0 saturated carbocycles. The lowest BCUT2D eigenvalue weighted by Gasteiger charge is -2.48. The molecule has 0 aromatic carbocycles. The van der Waals surface area contributed by atoms with Crippen LogP contribution in [0.2, 0.25) is 0 Å². The molecule has 3 aliphatic heterocycles. The highest BCUT2D eigenvalue weighted by molar-refractivity contribution is 5.76. The van der Waals surface area contributed by atoms with Gasteiger partial charge in [0.2, 0.25) is 5.91 Å². The number of nitrogens with one attached hydrogen (secondary N) is 1. The van der Waals surface area contributed by atoms with E-state index in [2.05, 4.69) is 122 Å². The molecule has 19 nitrogen and oxygen atoms in total. The number of amides is 1. The number of rotatable bonds is 43. The number of aliphatic hydroxyl groups excluding tert-OH is 11. The van der Waals surface area contributed by atoms with Gasteiger partial charge in [-0.1, -0.05) is 180 Å². The van der Waals surface area contributed by atoms with Gasteiger partial charge in [-0.25, -0.2) is 0 Å². The van der Waals surface area contributed by atoms with Crippen LogP contribution in [0.15, 0.2) is 122 Å². The Kier molecular flexibility index (Phi) is 41.1. The van der Waals surface area contributed by atoms with Crippen molar-refractivity contribution in [3.8, 4) is 0 Å². The molecule has 3 fully saturated rings. The molecule has 0 spiro atoms. The molecule has 3 rings (SSSR count). The summed E-state index contributed by atoms with van der Waals surface area (Å²) < 4.78 is 34.0. The van der Waals surface area contributed by atoms with E-state index in [0.717, 1.165) is 116 Å². The van der Waals surface area contributed by atoms with E-state index < -0.39 is 124 Å². The Morgan fingerprint density at radius 2 is 0.821 bits per heavy atom. The van der Waals surface area contributed by atoms with Crippen molar-refractivity contribution < 1.29 is 89.4 Å². The summed E-state index contributed by atoms with van der Waals surface area (Å²) in [5.41, 5.74) is 0. The molecule has 3 heterocycles. The molecule has 1 amide bonds. The summed E-state index contributed by atoms with van der Waals surface area (Å²) in [6.45, 7) is 1.38. The standard InChI is InChI=1S/C65H105NO18/c1-3-5-7-9-10-11-12-13-14-15-16-17-18-19-20-21-22-23-24-25-26-27-28-29-30-31-32-33-34-35-36-37-38-39-41-43-53(71)66-48(49(70)42-40-8-6-4-2)47-79-63-59(77)56(74)61(51(45-68)81-63)84-65-60(78)57(75)62(52(46-69)82-65)83-64-58(76)55(73)54(72)50(44-67)80-64/h5,7,10-11,13-14,16-17,19-20,22-23,25-26,28-29,31-32,40,42,48-52,54-65,67-70,72-78H,3-4,6,8-9,12,15,18,21,24,27,30,33-39,41,43-47H2,1-2H3,(H,66,71)/b7-5-,11-10-,14-13-,17-16-,20-19-,23-22-,26-25-,29-28-,32-31-,42-40+. The van der Waals surface area contributed by atoms with Crippen molar-refractivity contribution in [2.45, 2.75) is 253 Å². The molecular formula is C65H105NO18. The van der Waals surface area contributed by atoms with Crippen LogP contribution >= 0.6 is 0 Å². The maximum atomic E-state index is 13.2. The van der Waals surface area contributed by atoms with Crippen LogP contribution in [0.5, 0.6) is 0 Å². The molecule has 3 aliphatic rings. The smallest absolute Gasteiger partial charge is 0.220 e. The maximum absolute atomic E-state index is 13.2. The lowest BCUT2D eigenvalue weighted by atomic mass is 9.96. The maximum Gasteiger partial charge on any atom is 0.220 e. The van der Waals surface area contributed by atoms with Crippen molar-refractivity contribution in [2.75, 3.05) is 26.4 Å². The lowest BCUT2D eigenvalue weighted by molar-refractivity contribution is -0.379. The van der Waals surface area contributed by atoms with Gasteiger partial charge in [0.05, 0.1) is 38.6 Å². The number of carbonyl (C=O) groups is 1. The molecule has 17 unspecified atom stereocenters. The van der Waals surface area contributed by atoms with Gasteiger partial charge in [0.25, 0.3) is 0 Å². The minimum atomic E-state index is -1.98. The largest absolute Gasteiger partial charge is 0.394 e. The minimum Gasteiger partial charge on any atom is -0.394 e. The van der Waals surface area contributed by atoms with Crippen LogP contribution < -0.4 is 5.32 Å². The van der Waals surface area contributed by atoms with Gasteiger partial charge in [0, 0.05) is 6.42 Å². The van der Waals surface area contributed by atoms with Crippen molar-refractivity contribution in [2.24, 2.45) is 0 Å². The number of unbranched alkanes of at least 4 members (excludes halogenated alkanes) is 9. The normalized spacial score (nSPS) is 30.0.